The summed E-state index contributed by atoms with van der Waals surface area (Å²) in [6.07, 6.45) is 0. The van der Waals surface area contributed by atoms with Crippen molar-refractivity contribution < 1.29 is 13.9 Å². The standard InChI is InChI=1S/C14H18FN3O2/c15-13-7-11(18-5-3-16-4-6-18)1-2-12(13)14(19)17-10-8-20-9-10/h1-2,7,10,16H,3-6,8-9H2,(H,17,19). The van der Waals surface area contributed by atoms with Gasteiger partial charge in [0.1, 0.15) is 5.82 Å². The Hall–Kier alpha value is -1.66. The Bertz CT molecular complexity index is 499. The summed E-state index contributed by atoms with van der Waals surface area (Å²) in [4.78, 5) is 14.0. The number of rotatable bonds is 3. The van der Waals surface area contributed by atoms with Crippen molar-refractivity contribution >= 4 is 11.6 Å². The molecular weight excluding hydrogens is 261 g/mol. The molecule has 5 nitrogen and oxygen atoms in total. The molecule has 6 heteroatoms. The quantitative estimate of drug-likeness (QED) is 0.839. The molecule has 0 aliphatic carbocycles. The average Bonchev–Trinajstić information content (AvgIpc) is 2.43. The number of carbonyl (C=O) groups excluding carboxylic acids is 1. The molecule has 0 saturated carbocycles. The molecule has 20 heavy (non-hydrogen) atoms. The molecule has 3 rings (SSSR count). The molecule has 2 aliphatic heterocycles. The molecule has 2 saturated heterocycles. The van der Waals surface area contributed by atoms with Gasteiger partial charge in [0.15, 0.2) is 0 Å². The number of hydrogen-bond donors (Lipinski definition) is 2. The van der Waals surface area contributed by atoms with Crippen molar-refractivity contribution in [2.75, 3.05) is 44.3 Å². The first-order chi connectivity index (χ1) is 9.74. The van der Waals surface area contributed by atoms with E-state index in [1.54, 1.807) is 12.1 Å². The van der Waals surface area contributed by atoms with E-state index in [1.807, 2.05) is 0 Å². The number of carbonyl (C=O) groups is 1. The molecule has 0 unspecified atom stereocenters. The Morgan fingerprint density at radius 3 is 2.70 bits per heavy atom. The SMILES string of the molecule is O=C(NC1COC1)c1ccc(N2CCNCC2)cc1F. The fourth-order valence-corrected chi connectivity index (χ4v) is 2.39. The van der Waals surface area contributed by atoms with Crippen LogP contribution < -0.4 is 15.5 Å². The van der Waals surface area contributed by atoms with Gasteiger partial charge >= 0.3 is 0 Å². The van der Waals surface area contributed by atoms with Crippen molar-refractivity contribution in [3.8, 4) is 0 Å². The van der Waals surface area contributed by atoms with E-state index in [0.29, 0.717) is 13.2 Å². The summed E-state index contributed by atoms with van der Waals surface area (Å²) in [5.41, 5.74) is 0.920. The predicted molar refractivity (Wildman–Crippen MR) is 73.6 cm³/mol. The van der Waals surface area contributed by atoms with Crippen molar-refractivity contribution in [1.82, 2.24) is 10.6 Å². The van der Waals surface area contributed by atoms with Gasteiger partial charge in [0.05, 0.1) is 24.8 Å². The zero-order chi connectivity index (χ0) is 13.9. The largest absolute Gasteiger partial charge is 0.377 e. The molecular formula is C14H18FN3O2. The van der Waals surface area contributed by atoms with Crippen LogP contribution >= 0.6 is 0 Å². The molecule has 0 spiro atoms. The van der Waals surface area contributed by atoms with Gasteiger partial charge < -0.3 is 20.3 Å². The van der Waals surface area contributed by atoms with Crippen molar-refractivity contribution in [3.63, 3.8) is 0 Å². The Labute approximate surface area is 117 Å². The molecule has 2 N–H and O–H groups in total. The van der Waals surface area contributed by atoms with Crippen LogP contribution in [-0.2, 0) is 4.74 Å². The lowest BCUT2D eigenvalue weighted by atomic mass is 10.1. The van der Waals surface area contributed by atoms with Gasteiger partial charge in [0.2, 0.25) is 0 Å². The summed E-state index contributed by atoms with van der Waals surface area (Å²) in [7, 11) is 0. The van der Waals surface area contributed by atoms with E-state index in [1.165, 1.54) is 6.07 Å². The highest BCUT2D eigenvalue weighted by Crippen LogP contribution is 2.19. The molecule has 0 radical (unpaired) electrons. The van der Waals surface area contributed by atoms with Crippen molar-refractivity contribution in [2.45, 2.75) is 6.04 Å². The highest BCUT2D eigenvalue weighted by atomic mass is 19.1. The van der Waals surface area contributed by atoms with E-state index in [4.69, 9.17) is 4.74 Å². The summed E-state index contributed by atoms with van der Waals surface area (Å²) in [5, 5.41) is 6.00. The van der Waals surface area contributed by atoms with Crippen molar-refractivity contribution in [2.24, 2.45) is 0 Å². The number of nitrogens with zero attached hydrogens (tertiary/aromatic N) is 1. The van der Waals surface area contributed by atoms with Gasteiger partial charge in [0.25, 0.3) is 5.91 Å². The van der Waals surface area contributed by atoms with Crippen LogP contribution in [0.15, 0.2) is 18.2 Å². The zero-order valence-corrected chi connectivity index (χ0v) is 11.2. The first-order valence-electron chi connectivity index (χ1n) is 6.88. The molecule has 0 aromatic heterocycles. The first-order valence-corrected chi connectivity index (χ1v) is 6.88. The number of hydrogen-bond acceptors (Lipinski definition) is 4. The van der Waals surface area contributed by atoms with E-state index in [9.17, 15) is 9.18 Å². The number of ether oxygens (including phenoxy) is 1. The molecule has 108 valence electrons. The highest BCUT2D eigenvalue weighted by Gasteiger charge is 2.23. The normalized spacial score (nSPS) is 19.6. The third kappa shape index (κ3) is 2.76. The Morgan fingerprint density at radius 2 is 2.10 bits per heavy atom. The summed E-state index contributed by atoms with van der Waals surface area (Å²) < 4.78 is 19.1. The third-order valence-electron chi connectivity index (χ3n) is 3.65. The minimum absolute atomic E-state index is 0.00902. The average molecular weight is 279 g/mol. The summed E-state index contributed by atoms with van der Waals surface area (Å²) in [5.74, 6) is -0.846. The van der Waals surface area contributed by atoms with Crippen LogP contribution in [0.5, 0.6) is 0 Å². The van der Waals surface area contributed by atoms with Crippen LogP contribution in [0, 0.1) is 5.82 Å². The molecule has 1 amide bonds. The molecule has 0 bridgehead atoms. The van der Waals surface area contributed by atoms with Crippen molar-refractivity contribution in [1.29, 1.82) is 0 Å². The van der Waals surface area contributed by atoms with Crippen LogP contribution in [0.4, 0.5) is 10.1 Å². The van der Waals surface area contributed by atoms with Gasteiger partial charge in [-0.25, -0.2) is 4.39 Å². The molecule has 1 aromatic carbocycles. The maximum atomic E-state index is 14.1. The van der Waals surface area contributed by atoms with Crippen molar-refractivity contribution in [3.05, 3.63) is 29.6 Å². The van der Waals surface area contributed by atoms with Gasteiger partial charge in [-0.3, -0.25) is 4.79 Å². The highest BCUT2D eigenvalue weighted by molar-refractivity contribution is 5.95. The number of amides is 1. The lowest BCUT2D eigenvalue weighted by molar-refractivity contribution is -0.00352. The molecule has 2 aliphatic rings. The summed E-state index contributed by atoms with van der Waals surface area (Å²) in [6.45, 7) is 4.50. The van der Waals surface area contributed by atoms with Gasteiger partial charge in [-0.05, 0) is 18.2 Å². The topological polar surface area (TPSA) is 53.6 Å². The number of nitrogens with one attached hydrogen (secondary N) is 2. The van der Waals surface area contributed by atoms with Gasteiger partial charge in [0, 0.05) is 31.9 Å². The number of anilines is 1. The Morgan fingerprint density at radius 1 is 1.35 bits per heavy atom. The van der Waals surface area contributed by atoms with E-state index in [0.717, 1.165) is 31.9 Å². The van der Waals surface area contributed by atoms with Gasteiger partial charge in [-0.15, -0.1) is 0 Å². The lowest BCUT2D eigenvalue weighted by Crippen LogP contribution is -2.48. The second-order valence-corrected chi connectivity index (χ2v) is 5.11. The maximum Gasteiger partial charge on any atom is 0.254 e. The van der Waals surface area contributed by atoms with E-state index in [-0.39, 0.29) is 17.5 Å². The summed E-state index contributed by atoms with van der Waals surface area (Å²) >= 11 is 0. The number of halogens is 1. The van der Waals surface area contributed by atoms with Crippen LogP contribution in [0.2, 0.25) is 0 Å². The minimum atomic E-state index is -0.473. The van der Waals surface area contributed by atoms with E-state index < -0.39 is 5.82 Å². The van der Waals surface area contributed by atoms with Gasteiger partial charge in [-0.1, -0.05) is 0 Å². The maximum absolute atomic E-state index is 14.1. The zero-order valence-electron chi connectivity index (χ0n) is 11.2. The monoisotopic (exact) mass is 279 g/mol. The number of benzene rings is 1. The number of piperazine rings is 1. The molecule has 2 fully saturated rings. The second-order valence-electron chi connectivity index (χ2n) is 5.11. The Balaban J connectivity index is 1.71. The fourth-order valence-electron chi connectivity index (χ4n) is 2.39. The van der Waals surface area contributed by atoms with Crippen LogP contribution in [0.25, 0.3) is 0 Å². The minimum Gasteiger partial charge on any atom is -0.377 e. The van der Waals surface area contributed by atoms with Gasteiger partial charge in [-0.2, -0.15) is 0 Å². The molecule has 1 aromatic rings. The predicted octanol–water partition coefficient (Wildman–Crippen LogP) is 0.364. The summed E-state index contributed by atoms with van der Waals surface area (Å²) in [6, 6.07) is 4.81. The second kappa shape index (κ2) is 5.76. The smallest absolute Gasteiger partial charge is 0.254 e. The van der Waals surface area contributed by atoms with Crippen LogP contribution in [0.1, 0.15) is 10.4 Å². The molecule has 2 heterocycles. The molecule has 0 atom stereocenters. The first kappa shape index (κ1) is 13.3. The van der Waals surface area contributed by atoms with E-state index >= 15 is 0 Å². The van der Waals surface area contributed by atoms with E-state index in [2.05, 4.69) is 15.5 Å². The van der Waals surface area contributed by atoms with Crippen LogP contribution in [-0.4, -0.2) is 51.3 Å². The lowest BCUT2D eigenvalue weighted by Gasteiger charge is -2.30. The van der Waals surface area contributed by atoms with Crippen LogP contribution in [0.3, 0.4) is 0 Å². The fraction of sp³-hybridized carbons (Fsp3) is 0.500. The third-order valence-corrected chi connectivity index (χ3v) is 3.65. The Kier molecular flexibility index (Phi) is 3.84.